The number of nitrogens with one attached hydrogen (secondary N) is 1. The van der Waals surface area contributed by atoms with Gasteiger partial charge in [0.15, 0.2) is 0 Å². The Morgan fingerprint density at radius 1 is 1.40 bits per heavy atom. The summed E-state index contributed by atoms with van der Waals surface area (Å²) in [5.41, 5.74) is 1.14. The molecule has 0 unspecified atom stereocenters. The van der Waals surface area contributed by atoms with E-state index in [1.165, 1.54) is 25.9 Å². The van der Waals surface area contributed by atoms with Gasteiger partial charge in [-0.1, -0.05) is 13.0 Å². The molecule has 1 aliphatic rings. The van der Waals surface area contributed by atoms with E-state index >= 15 is 0 Å². The van der Waals surface area contributed by atoms with Crippen LogP contribution in [0.4, 0.5) is 5.69 Å². The molecule has 20 heavy (non-hydrogen) atoms. The molecule has 0 atom stereocenters. The quantitative estimate of drug-likeness (QED) is 0.757. The summed E-state index contributed by atoms with van der Waals surface area (Å²) >= 11 is 1.57. The lowest BCUT2D eigenvalue weighted by molar-refractivity contribution is 0.0694. The average Bonchev–Trinajstić information content (AvgIpc) is 2.92. The van der Waals surface area contributed by atoms with E-state index in [0.717, 1.165) is 29.4 Å². The Morgan fingerprint density at radius 2 is 2.15 bits per heavy atom. The van der Waals surface area contributed by atoms with Gasteiger partial charge >= 0.3 is 5.97 Å². The molecule has 0 saturated carbocycles. The Hall–Kier alpha value is -1.20. The summed E-state index contributed by atoms with van der Waals surface area (Å²) in [5.74, 6) is 0.0163. The van der Waals surface area contributed by atoms with E-state index in [1.54, 1.807) is 11.8 Å². The van der Waals surface area contributed by atoms with Crippen molar-refractivity contribution < 1.29 is 9.90 Å². The number of carboxylic acids is 1. The minimum Gasteiger partial charge on any atom is -0.478 e. The van der Waals surface area contributed by atoms with E-state index in [4.69, 9.17) is 0 Å². The Labute approximate surface area is 124 Å². The van der Waals surface area contributed by atoms with Crippen molar-refractivity contribution in [1.82, 2.24) is 4.90 Å². The van der Waals surface area contributed by atoms with Crippen LogP contribution in [0.3, 0.4) is 0 Å². The van der Waals surface area contributed by atoms with Gasteiger partial charge in [-0.2, -0.15) is 0 Å². The van der Waals surface area contributed by atoms with Gasteiger partial charge in [0, 0.05) is 23.7 Å². The zero-order valence-corrected chi connectivity index (χ0v) is 12.7. The molecule has 110 valence electrons. The van der Waals surface area contributed by atoms with Crippen molar-refractivity contribution in [3.63, 3.8) is 0 Å². The second-order valence-electron chi connectivity index (χ2n) is 4.89. The fourth-order valence-electron chi connectivity index (χ4n) is 2.53. The van der Waals surface area contributed by atoms with Gasteiger partial charge in [0.2, 0.25) is 0 Å². The molecule has 1 heterocycles. The van der Waals surface area contributed by atoms with Crippen LogP contribution in [-0.4, -0.2) is 47.9 Å². The first kappa shape index (κ1) is 15.2. The number of thioether (sulfide) groups is 1. The second-order valence-corrected chi connectivity index (χ2v) is 6.20. The lowest BCUT2D eigenvalue weighted by Crippen LogP contribution is -2.26. The topological polar surface area (TPSA) is 52.6 Å². The van der Waals surface area contributed by atoms with Crippen LogP contribution >= 0.6 is 11.8 Å². The number of nitrogens with zero attached hydrogens (tertiary/aromatic N) is 1. The van der Waals surface area contributed by atoms with Gasteiger partial charge in [-0.05, 0) is 43.8 Å². The average molecular weight is 294 g/mol. The molecule has 0 radical (unpaired) electrons. The molecule has 1 saturated heterocycles. The molecule has 0 bridgehead atoms. The van der Waals surface area contributed by atoms with Gasteiger partial charge in [0.05, 0.1) is 5.56 Å². The van der Waals surface area contributed by atoms with Crippen LogP contribution in [0.15, 0.2) is 23.1 Å². The molecule has 1 aromatic carbocycles. The SMILES string of the molecule is CCSc1cccc(NCCN2CCCC2)c1C(=O)O. The highest BCUT2D eigenvalue weighted by Crippen LogP contribution is 2.28. The number of likely N-dealkylation sites (tertiary alicyclic amines) is 1. The second kappa shape index (κ2) is 7.55. The van der Waals surface area contributed by atoms with E-state index in [0.29, 0.717) is 5.56 Å². The van der Waals surface area contributed by atoms with E-state index in [1.807, 2.05) is 25.1 Å². The van der Waals surface area contributed by atoms with Gasteiger partial charge in [-0.15, -0.1) is 11.8 Å². The molecular weight excluding hydrogens is 272 g/mol. The summed E-state index contributed by atoms with van der Waals surface area (Å²) in [6.45, 7) is 6.13. The van der Waals surface area contributed by atoms with Crippen molar-refractivity contribution >= 4 is 23.4 Å². The van der Waals surface area contributed by atoms with Gasteiger partial charge in [-0.3, -0.25) is 0 Å². The van der Waals surface area contributed by atoms with Crippen molar-refractivity contribution in [2.24, 2.45) is 0 Å². The Balaban J connectivity index is 2.01. The predicted octanol–water partition coefficient (Wildman–Crippen LogP) is 3.00. The summed E-state index contributed by atoms with van der Waals surface area (Å²) in [6.07, 6.45) is 2.56. The molecule has 1 aromatic rings. The molecule has 2 rings (SSSR count). The summed E-state index contributed by atoms with van der Waals surface area (Å²) in [5, 5.41) is 12.7. The standard InChI is InChI=1S/C15H22N2O2S/c1-2-20-13-7-5-6-12(14(13)15(18)19)16-8-11-17-9-3-4-10-17/h5-7,16H,2-4,8-11H2,1H3,(H,18,19). The third-order valence-electron chi connectivity index (χ3n) is 3.48. The minimum absolute atomic E-state index is 0.403. The summed E-state index contributed by atoms with van der Waals surface area (Å²) in [7, 11) is 0. The zero-order valence-electron chi connectivity index (χ0n) is 11.9. The summed E-state index contributed by atoms with van der Waals surface area (Å²) < 4.78 is 0. The van der Waals surface area contributed by atoms with Crippen LogP contribution in [-0.2, 0) is 0 Å². The lowest BCUT2D eigenvalue weighted by Gasteiger charge is -2.17. The van der Waals surface area contributed by atoms with Crippen molar-refractivity contribution in [2.45, 2.75) is 24.7 Å². The molecule has 0 spiro atoms. The number of carbonyl (C=O) groups is 1. The number of carboxylic acid groups (broad SMARTS) is 1. The maximum atomic E-state index is 11.5. The number of hydrogen-bond donors (Lipinski definition) is 2. The molecule has 2 N–H and O–H groups in total. The van der Waals surface area contributed by atoms with Crippen LogP contribution in [0.1, 0.15) is 30.1 Å². The highest BCUT2D eigenvalue weighted by Gasteiger charge is 2.16. The van der Waals surface area contributed by atoms with Crippen LogP contribution in [0.5, 0.6) is 0 Å². The van der Waals surface area contributed by atoms with Gasteiger partial charge < -0.3 is 15.3 Å². The van der Waals surface area contributed by atoms with Crippen LogP contribution in [0, 0.1) is 0 Å². The van der Waals surface area contributed by atoms with Crippen molar-refractivity contribution in [2.75, 3.05) is 37.2 Å². The van der Waals surface area contributed by atoms with Gasteiger partial charge in [-0.25, -0.2) is 4.79 Å². The number of anilines is 1. The van der Waals surface area contributed by atoms with E-state index < -0.39 is 5.97 Å². The highest BCUT2D eigenvalue weighted by atomic mass is 32.2. The molecule has 1 aliphatic heterocycles. The minimum atomic E-state index is -0.856. The van der Waals surface area contributed by atoms with Crippen molar-refractivity contribution in [3.8, 4) is 0 Å². The van der Waals surface area contributed by atoms with Crippen molar-refractivity contribution in [1.29, 1.82) is 0 Å². The molecule has 1 fully saturated rings. The number of hydrogen-bond acceptors (Lipinski definition) is 4. The van der Waals surface area contributed by atoms with Crippen molar-refractivity contribution in [3.05, 3.63) is 23.8 Å². The molecule has 0 aliphatic carbocycles. The van der Waals surface area contributed by atoms with Gasteiger partial charge in [0.1, 0.15) is 0 Å². The molecule has 5 heteroatoms. The Morgan fingerprint density at radius 3 is 2.80 bits per heavy atom. The molecule has 4 nitrogen and oxygen atoms in total. The first-order valence-corrected chi connectivity index (χ1v) is 8.16. The van der Waals surface area contributed by atoms with E-state index in [-0.39, 0.29) is 0 Å². The summed E-state index contributed by atoms with van der Waals surface area (Å²) in [4.78, 5) is 14.7. The smallest absolute Gasteiger partial charge is 0.338 e. The monoisotopic (exact) mass is 294 g/mol. The number of aromatic carboxylic acids is 1. The Kier molecular flexibility index (Phi) is 5.73. The fourth-order valence-corrected chi connectivity index (χ4v) is 3.36. The Bertz CT molecular complexity index is 459. The maximum Gasteiger partial charge on any atom is 0.338 e. The molecule has 0 aromatic heterocycles. The first-order valence-electron chi connectivity index (χ1n) is 7.17. The zero-order chi connectivity index (χ0) is 14.4. The normalized spacial score (nSPS) is 15.4. The molecule has 0 amide bonds. The van der Waals surface area contributed by atoms with E-state index in [9.17, 15) is 9.90 Å². The van der Waals surface area contributed by atoms with E-state index in [2.05, 4.69) is 10.2 Å². The first-order chi connectivity index (χ1) is 9.72. The molecular formula is C15H22N2O2S. The van der Waals surface area contributed by atoms with Crippen LogP contribution < -0.4 is 5.32 Å². The largest absolute Gasteiger partial charge is 0.478 e. The third kappa shape index (κ3) is 3.90. The van der Waals surface area contributed by atoms with Crippen LogP contribution in [0.25, 0.3) is 0 Å². The van der Waals surface area contributed by atoms with Gasteiger partial charge in [0.25, 0.3) is 0 Å². The highest BCUT2D eigenvalue weighted by molar-refractivity contribution is 7.99. The third-order valence-corrected chi connectivity index (χ3v) is 4.42. The summed E-state index contributed by atoms with van der Waals surface area (Å²) in [6, 6.07) is 5.65. The number of benzene rings is 1. The number of rotatable bonds is 7. The predicted molar refractivity (Wildman–Crippen MR) is 84.0 cm³/mol. The lowest BCUT2D eigenvalue weighted by atomic mass is 10.1. The maximum absolute atomic E-state index is 11.5. The van der Waals surface area contributed by atoms with Crippen LogP contribution in [0.2, 0.25) is 0 Å². The fraction of sp³-hybridized carbons (Fsp3) is 0.533.